The Morgan fingerprint density at radius 2 is 1.40 bits per heavy atom. The van der Waals surface area contributed by atoms with Crippen LogP contribution in [0, 0.1) is 5.82 Å². The van der Waals surface area contributed by atoms with Gasteiger partial charge >= 0.3 is 0 Å². The van der Waals surface area contributed by atoms with E-state index in [0.29, 0.717) is 0 Å². The van der Waals surface area contributed by atoms with E-state index < -0.39 is 6.04 Å². The standard InChI is InChI=1S/C20H25FN2O2/c21-15-11-9-14(10-12-15)19-20(25)22(16-5-1-2-6-16)13-18(24)23(19)17-7-3-4-8-17/h9-12,16-17,19H,1-8,13H2/t19-/m1/s1. The zero-order valence-corrected chi connectivity index (χ0v) is 14.5. The molecule has 0 radical (unpaired) electrons. The van der Waals surface area contributed by atoms with Gasteiger partial charge in [0.15, 0.2) is 0 Å². The molecule has 3 aliphatic rings. The van der Waals surface area contributed by atoms with Crippen LogP contribution in [0.1, 0.15) is 63.0 Å². The Hall–Kier alpha value is -1.91. The molecule has 2 amide bonds. The van der Waals surface area contributed by atoms with Crippen molar-refractivity contribution in [3.8, 4) is 0 Å². The van der Waals surface area contributed by atoms with Crippen LogP contribution in [0.3, 0.4) is 0 Å². The largest absolute Gasteiger partial charge is 0.328 e. The second kappa shape index (κ2) is 6.77. The molecule has 0 N–H and O–H groups in total. The first-order valence-electron chi connectivity index (χ1n) is 9.52. The van der Waals surface area contributed by atoms with Gasteiger partial charge in [0.25, 0.3) is 5.91 Å². The fourth-order valence-electron chi connectivity index (χ4n) is 4.80. The van der Waals surface area contributed by atoms with Crippen LogP contribution in [-0.4, -0.2) is 40.2 Å². The molecule has 1 heterocycles. The molecule has 1 aromatic rings. The van der Waals surface area contributed by atoms with Gasteiger partial charge in [0, 0.05) is 12.1 Å². The van der Waals surface area contributed by atoms with Gasteiger partial charge in [-0.15, -0.1) is 0 Å². The molecule has 4 rings (SSSR count). The zero-order chi connectivity index (χ0) is 17.4. The molecule has 5 heteroatoms. The van der Waals surface area contributed by atoms with E-state index in [1.807, 2.05) is 4.90 Å². The minimum atomic E-state index is -0.592. The maximum absolute atomic E-state index is 13.4. The lowest BCUT2D eigenvalue weighted by Gasteiger charge is -2.45. The summed E-state index contributed by atoms with van der Waals surface area (Å²) in [6.07, 6.45) is 8.33. The summed E-state index contributed by atoms with van der Waals surface area (Å²) in [5.41, 5.74) is 0.731. The van der Waals surface area contributed by atoms with Gasteiger partial charge in [0.2, 0.25) is 5.91 Å². The fraction of sp³-hybridized carbons (Fsp3) is 0.600. The molecule has 0 aromatic heterocycles. The summed E-state index contributed by atoms with van der Waals surface area (Å²) in [7, 11) is 0. The van der Waals surface area contributed by atoms with Gasteiger partial charge in [-0.25, -0.2) is 4.39 Å². The third-order valence-electron chi connectivity index (χ3n) is 6.06. The summed E-state index contributed by atoms with van der Waals surface area (Å²) in [5.74, 6) is -0.254. The van der Waals surface area contributed by atoms with Crippen LogP contribution in [0.5, 0.6) is 0 Å². The summed E-state index contributed by atoms with van der Waals surface area (Å²) in [4.78, 5) is 30.0. The van der Waals surface area contributed by atoms with Crippen LogP contribution in [0.4, 0.5) is 4.39 Å². The van der Waals surface area contributed by atoms with Crippen LogP contribution in [-0.2, 0) is 9.59 Å². The number of nitrogens with zero attached hydrogens (tertiary/aromatic N) is 2. The van der Waals surface area contributed by atoms with Gasteiger partial charge in [-0.3, -0.25) is 9.59 Å². The van der Waals surface area contributed by atoms with Gasteiger partial charge < -0.3 is 9.80 Å². The molecule has 0 unspecified atom stereocenters. The second-order valence-corrected chi connectivity index (χ2v) is 7.60. The predicted octanol–water partition coefficient (Wildman–Crippen LogP) is 3.42. The van der Waals surface area contributed by atoms with Gasteiger partial charge in [0.1, 0.15) is 18.4 Å². The van der Waals surface area contributed by atoms with Crippen LogP contribution in [0.15, 0.2) is 24.3 Å². The number of amides is 2. The number of piperazine rings is 1. The lowest BCUT2D eigenvalue weighted by molar-refractivity contribution is -0.161. The summed E-state index contributed by atoms with van der Waals surface area (Å²) in [6, 6.07) is 5.81. The molecule has 3 fully saturated rings. The Bertz CT molecular complexity index is 648. The summed E-state index contributed by atoms with van der Waals surface area (Å²) < 4.78 is 13.4. The third kappa shape index (κ3) is 3.05. The van der Waals surface area contributed by atoms with Crippen molar-refractivity contribution in [3.05, 3.63) is 35.6 Å². The predicted molar refractivity (Wildman–Crippen MR) is 92.2 cm³/mol. The minimum Gasteiger partial charge on any atom is -0.328 e. The first-order chi connectivity index (χ1) is 12.1. The summed E-state index contributed by atoms with van der Waals surface area (Å²) >= 11 is 0. The van der Waals surface area contributed by atoms with Crippen LogP contribution >= 0.6 is 0 Å². The summed E-state index contributed by atoms with van der Waals surface area (Å²) in [6.45, 7) is 0.206. The van der Waals surface area contributed by atoms with E-state index in [2.05, 4.69) is 0 Å². The van der Waals surface area contributed by atoms with Crippen molar-refractivity contribution in [1.29, 1.82) is 0 Å². The number of carbonyl (C=O) groups is 2. The molecule has 1 saturated heterocycles. The number of carbonyl (C=O) groups excluding carboxylic acids is 2. The number of benzene rings is 1. The lowest BCUT2D eigenvalue weighted by atomic mass is 9.96. The number of halogens is 1. The normalized spacial score (nSPS) is 26.0. The monoisotopic (exact) mass is 344 g/mol. The quantitative estimate of drug-likeness (QED) is 0.843. The molecule has 0 spiro atoms. The van der Waals surface area contributed by atoms with Gasteiger partial charge in [-0.05, 0) is 43.4 Å². The van der Waals surface area contributed by atoms with Crippen molar-refractivity contribution in [2.45, 2.75) is 69.5 Å². The maximum Gasteiger partial charge on any atom is 0.250 e. The second-order valence-electron chi connectivity index (χ2n) is 7.60. The Balaban J connectivity index is 1.69. The molecule has 25 heavy (non-hydrogen) atoms. The smallest absolute Gasteiger partial charge is 0.250 e. The highest BCUT2D eigenvalue weighted by Gasteiger charge is 2.46. The number of hydrogen-bond donors (Lipinski definition) is 0. The van der Waals surface area contributed by atoms with Crippen LogP contribution < -0.4 is 0 Å². The van der Waals surface area contributed by atoms with E-state index in [1.54, 1.807) is 17.0 Å². The van der Waals surface area contributed by atoms with E-state index in [4.69, 9.17) is 0 Å². The van der Waals surface area contributed by atoms with E-state index in [1.165, 1.54) is 12.1 Å². The molecule has 1 aromatic carbocycles. The average molecular weight is 344 g/mol. The minimum absolute atomic E-state index is 0.0185. The highest BCUT2D eigenvalue weighted by atomic mass is 19.1. The molecule has 0 bridgehead atoms. The molecular formula is C20H25FN2O2. The molecular weight excluding hydrogens is 319 g/mol. The lowest BCUT2D eigenvalue weighted by Crippen LogP contribution is -2.60. The molecule has 1 atom stereocenters. The highest BCUT2D eigenvalue weighted by Crippen LogP contribution is 2.37. The van der Waals surface area contributed by atoms with Crippen molar-refractivity contribution in [2.75, 3.05) is 6.54 Å². The van der Waals surface area contributed by atoms with E-state index in [-0.39, 0.29) is 36.3 Å². The Morgan fingerprint density at radius 1 is 0.840 bits per heavy atom. The summed E-state index contributed by atoms with van der Waals surface area (Å²) in [5, 5.41) is 0. The van der Waals surface area contributed by atoms with Crippen LogP contribution in [0.25, 0.3) is 0 Å². The van der Waals surface area contributed by atoms with Crippen molar-refractivity contribution in [1.82, 2.24) is 9.80 Å². The average Bonchev–Trinajstić information content (AvgIpc) is 3.30. The van der Waals surface area contributed by atoms with Crippen molar-refractivity contribution >= 4 is 11.8 Å². The van der Waals surface area contributed by atoms with E-state index in [0.717, 1.165) is 56.9 Å². The van der Waals surface area contributed by atoms with Crippen molar-refractivity contribution in [2.24, 2.45) is 0 Å². The van der Waals surface area contributed by atoms with Gasteiger partial charge in [-0.2, -0.15) is 0 Å². The third-order valence-corrected chi connectivity index (χ3v) is 6.06. The SMILES string of the molecule is O=C1[C@@H](c2ccc(F)cc2)N(C2CCCC2)C(=O)CN1C1CCCC1. The number of rotatable bonds is 3. The first-order valence-corrected chi connectivity index (χ1v) is 9.52. The highest BCUT2D eigenvalue weighted by molar-refractivity contribution is 5.96. The molecule has 2 aliphatic carbocycles. The van der Waals surface area contributed by atoms with Crippen LogP contribution in [0.2, 0.25) is 0 Å². The zero-order valence-electron chi connectivity index (χ0n) is 14.5. The molecule has 1 aliphatic heterocycles. The van der Waals surface area contributed by atoms with Gasteiger partial charge in [0.05, 0.1) is 0 Å². The molecule has 4 nitrogen and oxygen atoms in total. The first kappa shape index (κ1) is 16.6. The molecule has 134 valence electrons. The molecule has 2 saturated carbocycles. The Labute approximate surface area is 148 Å². The Kier molecular flexibility index (Phi) is 4.48. The van der Waals surface area contributed by atoms with E-state index >= 15 is 0 Å². The van der Waals surface area contributed by atoms with Gasteiger partial charge in [-0.1, -0.05) is 37.8 Å². The fourth-order valence-corrected chi connectivity index (χ4v) is 4.80. The topological polar surface area (TPSA) is 40.6 Å². The Morgan fingerprint density at radius 3 is 2.00 bits per heavy atom. The van der Waals surface area contributed by atoms with E-state index in [9.17, 15) is 14.0 Å². The number of hydrogen-bond acceptors (Lipinski definition) is 2. The van der Waals surface area contributed by atoms with Crippen molar-refractivity contribution in [3.63, 3.8) is 0 Å². The maximum atomic E-state index is 13.4. The van der Waals surface area contributed by atoms with Crippen molar-refractivity contribution < 1.29 is 14.0 Å².